The van der Waals surface area contributed by atoms with Gasteiger partial charge in [-0.15, -0.1) is 0 Å². The summed E-state index contributed by atoms with van der Waals surface area (Å²) < 4.78 is 22.6. The highest BCUT2D eigenvalue weighted by atomic mass is 32.2. The summed E-state index contributed by atoms with van der Waals surface area (Å²) in [5.74, 6) is 0. The van der Waals surface area contributed by atoms with Crippen molar-refractivity contribution < 1.29 is 8.42 Å². The Morgan fingerprint density at radius 3 is 2.68 bits per heavy atom. The van der Waals surface area contributed by atoms with Crippen molar-refractivity contribution in [3.63, 3.8) is 0 Å². The Hall–Kier alpha value is -1.14. The van der Waals surface area contributed by atoms with Crippen molar-refractivity contribution in [2.75, 3.05) is 24.7 Å². The minimum absolute atomic E-state index is 0.129. The van der Waals surface area contributed by atoms with E-state index < -0.39 is 9.84 Å². The molecule has 5 nitrogen and oxygen atoms in total. The lowest BCUT2D eigenvalue weighted by Crippen LogP contribution is -2.27. The fourth-order valence-corrected chi connectivity index (χ4v) is 3.16. The van der Waals surface area contributed by atoms with Gasteiger partial charge in [-0.1, -0.05) is 0 Å². The minimum Gasteiger partial charge on any atom is -0.380 e. The van der Waals surface area contributed by atoms with Crippen LogP contribution < -0.4 is 5.32 Å². The van der Waals surface area contributed by atoms with E-state index >= 15 is 0 Å². The lowest BCUT2D eigenvalue weighted by atomic mass is 10.2. The molecule has 2 aliphatic rings. The average molecular weight is 281 g/mol. The molecule has 1 saturated heterocycles. The Bertz CT molecular complexity index is 552. The predicted molar refractivity (Wildman–Crippen MR) is 74.0 cm³/mol. The van der Waals surface area contributed by atoms with Gasteiger partial charge in [0.1, 0.15) is 0 Å². The largest absolute Gasteiger partial charge is 0.380 e. The number of pyridine rings is 1. The van der Waals surface area contributed by atoms with E-state index in [1.807, 2.05) is 0 Å². The molecule has 1 unspecified atom stereocenters. The Balaban J connectivity index is 1.61. The van der Waals surface area contributed by atoms with Crippen molar-refractivity contribution in [2.24, 2.45) is 0 Å². The van der Waals surface area contributed by atoms with Crippen LogP contribution in [0.1, 0.15) is 19.3 Å². The summed E-state index contributed by atoms with van der Waals surface area (Å²) in [6, 6.07) is 4.62. The molecule has 1 atom stereocenters. The molecule has 1 aromatic rings. The zero-order valence-corrected chi connectivity index (χ0v) is 11.9. The van der Waals surface area contributed by atoms with Crippen LogP contribution in [0.25, 0.3) is 0 Å². The monoisotopic (exact) mass is 281 g/mol. The van der Waals surface area contributed by atoms with Crippen molar-refractivity contribution in [1.82, 2.24) is 9.88 Å². The van der Waals surface area contributed by atoms with Crippen LogP contribution in [-0.2, 0) is 9.84 Å². The smallest absolute Gasteiger partial charge is 0.192 e. The van der Waals surface area contributed by atoms with Gasteiger partial charge in [-0.25, -0.2) is 13.4 Å². The summed E-state index contributed by atoms with van der Waals surface area (Å²) in [4.78, 5) is 6.53. The molecule has 3 rings (SSSR count). The molecule has 0 aromatic carbocycles. The molecular formula is C13H19N3O2S. The van der Waals surface area contributed by atoms with E-state index in [0.717, 1.165) is 31.2 Å². The Labute approximate surface area is 113 Å². The number of hydrogen-bond donors (Lipinski definition) is 1. The molecule has 1 aromatic heterocycles. The third-order valence-electron chi connectivity index (χ3n) is 3.77. The van der Waals surface area contributed by atoms with Crippen LogP contribution in [0.2, 0.25) is 0 Å². The number of nitrogens with one attached hydrogen (secondary N) is 1. The maximum absolute atomic E-state index is 11.3. The number of hydrogen-bond acceptors (Lipinski definition) is 5. The maximum atomic E-state index is 11.3. The van der Waals surface area contributed by atoms with Crippen LogP contribution in [0, 0.1) is 0 Å². The molecule has 2 heterocycles. The maximum Gasteiger partial charge on any atom is 0.192 e. The van der Waals surface area contributed by atoms with E-state index in [2.05, 4.69) is 15.2 Å². The first-order valence-electron chi connectivity index (χ1n) is 6.69. The van der Waals surface area contributed by atoms with Crippen LogP contribution >= 0.6 is 0 Å². The predicted octanol–water partition coefficient (Wildman–Crippen LogP) is 1.13. The van der Waals surface area contributed by atoms with Gasteiger partial charge in [0.05, 0.1) is 11.9 Å². The topological polar surface area (TPSA) is 62.3 Å². The first kappa shape index (κ1) is 12.9. The van der Waals surface area contributed by atoms with Crippen molar-refractivity contribution in [3.05, 3.63) is 18.3 Å². The van der Waals surface area contributed by atoms with Gasteiger partial charge in [0.2, 0.25) is 0 Å². The fraction of sp³-hybridized carbons (Fsp3) is 0.615. The van der Waals surface area contributed by atoms with Crippen LogP contribution in [-0.4, -0.2) is 49.7 Å². The van der Waals surface area contributed by atoms with Gasteiger partial charge in [-0.05, 0) is 31.4 Å². The van der Waals surface area contributed by atoms with Crippen molar-refractivity contribution in [3.8, 4) is 0 Å². The molecule has 0 bridgehead atoms. The number of aromatic nitrogens is 1. The van der Waals surface area contributed by atoms with Crippen LogP contribution in [0.3, 0.4) is 0 Å². The molecule has 0 spiro atoms. The van der Waals surface area contributed by atoms with Gasteiger partial charge in [-0.2, -0.15) is 0 Å². The SMILES string of the molecule is CS(=O)(=O)c1ccc(NC2CCN(C3CC3)C2)cn1. The molecule has 1 aliphatic heterocycles. The molecule has 19 heavy (non-hydrogen) atoms. The first-order chi connectivity index (χ1) is 9.02. The van der Waals surface area contributed by atoms with Crippen molar-refractivity contribution >= 4 is 15.5 Å². The number of sulfone groups is 1. The summed E-state index contributed by atoms with van der Waals surface area (Å²) in [5, 5.41) is 3.56. The minimum atomic E-state index is -3.21. The van der Waals surface area contributed by atoms with Gasteiger partial charge in [0.25, 0.3) is 0 Å². The van der Waals surface area contributed by atoms with Gasteiger partial charge >= 0.3 is 0 Å². The van der Waals surface area contributed by atoms with Gasteiger partial charge in [0, 0.05) is 31.4 Å². The molecule has 0 radical (unpaired) electrons. The van der Waals surface area contributed by atoms with Crippen molar-refractivity contribution in [1.29, 1.82) is 0 Å². The summed E-state index contributed by atoms with van der Waals surface area (Å²) in [6.07, 6.45) is 6.61. The molecule has 104 valence electrons. The summed E-state index contributed by atoms with van der Waals surface area (Å²) >= 11 is 0. The Morgan fingerprint density at radius 2 is 2.11 bits per heavy atom. The van der Waals surface area contributed by atoms with E-state index in [9.17, 15) is 8.42 Å². The lowest BCUT2D eigenvalue weighted by Gasteiger charge is -2.16. The highest BCUT2D eigenvalue weighted by molar-refractivity contribution is 7.90. The third kappa shape index (κ3) is 3.06. The number of anilines is 1. The zero-order chi connectivity index (χ0) is 13.5. The molecule has 1 N–H and O–H groups in total. The second kappa shape index (κ2) is 4.76. The Morgan fingerprint density at radius 1 is 1.32 bits per heavy atom. The van der Waals surface area contributed by atoms with Crippen molar-refractivity contribution in [2.45, 2.75) is 36.4 Å². The number of rotatable bonds is 4. The van der Waals surface area contributed by atoms with Crippen LogP contribution in [0.5, 0.6) is 0 Å². The standard InChI is InChI=1S/C13H19N3O2S/c1-19(17,18)13-5-2-10(8-14-13)15-11-6-7-16(9-11)12-3-4-12/h2,5,8,11-12,15H,3-4,6-7,9H2,1H3. The number of nitrogens with zero attached hydrogens (tertiary/aromatic N) is 2. The summed E-state index contributed by atoms with van der Waals surface area (Å²) in [5.41, 5.74) is 0.898. The highest BCUT2D eigenvalue weighted by Crippen LogP contribution is 2.30. The zero-order valence-electron chi connectivity index (χ0n) is 11.0. The quantitative estimate of drug-likeness (QED) is 0.896. The van der Waals surface area contributed by atoms with E-state index in [0.29, 0.717) is 6.04 Å². The molecule has 1 saturated carbocycles. The molecule has 2 fully saturated rings. The summed E-state index contributed by atoms with van der Waals surface area (Å²) in [6.45, 7) is 2.25. The first-order valence-corrected chi connectivity index (χ1v) is 8.58. The molecule has 1 aliphatic carbocycles. The van der Waals surface area contributed by atoms with Crippen LogP contribution in [0.15, 0.2) is 23.4 Å². The highest BCUT2D eigenvalue weighted by Gasteiger charge is 2.34. The molecular weight excluding hydrogens is 262 g/mol. The number of likely N-dealkylation sites (tertiary alicyclic amines) is 1. The van der Waals surface area contributed by atoms with E-state index in [1.165, 1.54) is 19.1 Å². The fourth-order valence-electron chi connectivity index (χ4n) is 2.60. The van der Waals surface area contributed by atoms with Gasteiger partial charge in [0.15, 0.2) is 14.9 Å². The lowest BCUT2D eigenvalue weighted by molar-refractivity contribution is 0.326. The second-order valence-electron chi connectivity index (χ2n) is 5.51. The van der Waals surface area contributed by atoms with Gasteiger partial charge in [-0.3, -0.25) is 4.90 Å². The molecule has 6 heteroatoms. The summed E-state index contributed by atoms with van der Waals surface area (Å²) in [7, 11) is -3.21. The Kier molecular flexibility index (Phi) is 3.22. The van der Waals surface area contributed by atoms with E-state index in [4.69, 9.17) is 0 Å². The molecule has 0 amide bonds. The third-order valence-corrected chi connectivity index (χ3v) is 4.77. The average Bonchev–Trinajstić information content (AvgIpc) is 3.10. The normalized spacial score (nSPS) is 24.6. The second-order valence-corrected chi connectivity index (χ2v) is 7.48. The van der Waals surface area contributed by atoms with E-state index in [-0.39, 0.29) is 5.03 Å². The van der Waals surface area contributed by atoms with Crippen LogP contribution in [0.4, 0.5) is 5.69 Å². The van der Waals surface area contributed by atoms with E-state index in [1.54, 1.807) is 18.3 Å². The van der Waals surface area contributed by atoms with Gasteiger partial charge < -0.3 is 5.32 Å².